The number of nitrogens with zero attached hydrogens (tertiary/aromatic N) is 1. The second kappa shape index (κ2) is 3.14. The lowest BCUT2D eigenvalue weighted by molar-refractivity contribution is -0.124. The first-order chi connectivity index (χ1) is 6.66. The van der Waals surface area contributed by atoms with Crippen LogP contribution in [0.15, 0.2) is 23.9 Å². The number of aryl methyl sites for hydroxylation is 1. The molecule has 1 N–H and O–H groups in total. The number of nitrogens with one attached hydrogen (secondary N) is 1. The van der Waals surface area contributed by atoms with E-state index in [1.807, 2.05) is 29.9 Å². The normalized spacial score (nSPS) is 19.1. The molecule has 0 aromatic carbocycles. The van der Waals surface area contributed by atoms with Crippen molar-refractivity contribution in [1.29, 1.82) is 0 Å². The summed E-state index contributed by atoms with van der Waals surface area (Å²) in [6.07, 6.45) is 3.81. The molecule has 14 heavy (non-hydrogen) atoms. The van der Waals surface area contributed by atoms with Gasteiger partial charge in [-0.3, -0.25) is 14.9 Å². The number of hydrogen-bond donors (Lipinski definition) is 1. The number of hydrogen-bond acceptors (Lipinski definition) is 2. The second-order valence-electron chi connectivity index (χ2n) is 3.27. The molecule has 1 fully saturated rings. The van der Waals surface area contributed by atoms with E-state index in [4.69, 9.17) is 0 Å². The molecular weight excluding hydrogens is 180 g/mol. The molecular formula is C10H10N2O2. The van der Waals surface area contributed by atoms with Crippen LogP contribution in [-0.4, -0.2) is 16.4 Å². The van der Waals surface area contributed by atoms with E-state index in [1.54, 1.807) is 6.08 Å². The average Bonchev–Trinajstić information content (AvgIpc) is 2.62. The van der Waals surface area contributed by atoms with Gasteiger partial charge in [-0.1, -0.05) is 0 Å². The third kappa shape index (κ3) is 1.46. The first-order valence-corrected chi connectivity index (χ1v) is 4.33. The first-order valence-electron chi connectivity index (χ1n) is 4.33. The zero-order chi connectivity index (χ0) is 10.1. The van der Waals surface area contributed by atoms with Gasteiger partial charge in [0.2, 0.25) is 5.91 Å². The molecule has 2 heterocycles. The summed E-state index contributed by atoms with van der Waals surface area (Å²) in [6, 6.07) is 3.78. The quantitative estimate of drug-likeness (QED) is 0.516. The Morgan fingerprint density at radius 1 is 1.50 bits per heavy atom. The number of carbonyl (C=O) groups is 2. The van der Waals surface area contributed by atoms with E-state index in [1.165, 1.54) is 0 Å². The Morgan fingerprint density at radius 2 is 2.29 bits per heavy atom. The predicted molar refractivity (Wildman–Crippen MR) is 51.2 cm³/mol. The topological polar surface area (TPSA) is 51.1 Å². The molecule has 0 saturated carbocycles. The van der Waals surface area contributed by atoms with Gasteiger partial charge in [-0.2, -0.15) is 0 Å². The van der Waals surface area contributed by atoms with E-state index < -0.39 is 0 Å². The van der Waals surface area contributed by atoms with E-state index in [-0.39, 0.29) is 18.2 Å². The van der Waals surface area contributed by atoms with E-state index in [0.717, 1.165) is 5.69 Å². The van der Waals surface area contributed by atoms with Crippen molar-refractivity contribution in [1.82, 2.24) is 9.88 Å². The molecule has 0 aliphatic carbocycles. The van der Waals surface area contributed by atoms with Crippen molar-refractivity contribution in [3.63, 3.8) is 0 Å². The van der Waals surface area contributed by atoms with Crippen LogP contribution in [0.5, 0.6) is 0 Å². The molecule has 0 unspecified atom stereocenters. The molecule has 4 nitrogen and oxygen atoms in total. The van der Waals surface area contributed by atoms with Crippen molar-refractivity contribution in [2.24, 2.45) is 7.05 Å². The third-order valence-electron chi connectivity index (χ3n) is 2.20. The fourth-order valence-corrected chi connectivity index (χ4v) is 1.42. The summed E-state index contributed by atoms with van der Waals surface area (Å²) in [5.74, 6) is -0.508. The molecule has 1 aromatic rings. The molecule has 0 spiro atoms. The Balaban J connectivity index is 2.32. The van der Waals surface area contributed by atoms with Crippen LogP contribution in [0.1, 0.15) is 12.1 Å². The highest BCUT2D eigenvalue weighted by atomic mass is 16.2. The Kier molecular flexibility index (Phi) is 1.96. The van der Waals surface area contributed by atoms with Crippen molar-refractivity contribution in [3.05, 3.63) is 29.6 Å². The smallest absolute Gasteiger partial charge is 0.254 e. The van der Waals surface area contributed by atoms with E-state index in [0.29, 0.717) is 5.57 Å². The van der Waals surface area contributed by atoms with Gasteiger partial charge in [-0.25, -0.2) is 0 Å². The van der Waals surface area contributed by atoms with Crippen LogP contribution in [0.3, 0.4) is 0 Å². The van der Waals surface area contributed by atoms with Gasteiger partial charge >= 0.3 is 0 Å². The number of aromatic nitrogens is 1. The maximum atomic E-state index is 11.2. The lowest BCUT2D eigenvalue weighted by Crippen LogP contribution is -2.19. The number of imide groups is 1. The van der Waals surface area contributed by atoms with Gasteiger partial charge in [0.15, 0.2) is 0 Å². The largest absolute Gasteiger partial charge is 0.351 e. The molecule has 0 atom stereocenters. The zero-order valence-corrected chi connectivity index (χ0v) is 7.78. The van der Waals surface area contributed by atoms with Gasteiger partial charge in [-0.05, 0) is 18.2 Å². The van der Waals surface area contributed by atoms with E-state index in [2.05, 4.69) is 5.32 Å². The van der Waals surface area contributed by atoms with Crippen molar-refractivity contribution in [2.75, 3.05) is 0 Å². The fourth-order valence-electron chi connectivity index (χ4n) is 1.42. The van der Waals surface area contributed by atoms with Gasteiger partial charge < -0.3 is 4.57 Å². The van der Waals surface area contributed by atoms with Crippen LogP contribution < -0.4 is 5.32 Å². The summed E-state index contributed by atoms with van der Waals surface area (Å²) in [7, 11) is 1.89. The molecule has 72 valence electrons. The maximum absolute atomic E-state index is 11.2. The minimum absolute atomic E-state index is 0.185. The van der Waals surface area contributed by atoms with Gasteiger partial charge in [-0.15, -0.1) is 0 Å². The van der Waals surface area contributed by atoms with Crippen LogP contribution >= 0.6 is 0 Å². The predicted octanol–water partition coefficient (Wildman–Crippen LogP) is 0.455. The van der Waals surface area contributed by atoms with Crippen LogP contribution in [0, 0.1) is 0 Å². The number of rotatable bonds is 1. The van der Waals surface area contributed by atoms with E-state index >= 15 is 0 Å². The lowest BCUT2D eigenvalue weighted by atomic mass is 10.2. The first kappa shape index (κ1) is 8.74. The second-order valence-corrected chi connectivity index (χ2v) is 3.27. The van der Waals surface area contributed by atoms with Crippen LogP contribution in [-0.2, 0) is 16.6 Å². The Labute approximate surface area is 81.2 Å². The van der Waals surface area contributed by atoms with Gasteiger partial charge in [0.05, 0.1) is 6.42 Å². The van der Waals surface area contributed by atoms with Gasteiger partial charge in [0.1, 0.15) is 0 Å². The Hall–Kier alpha value is -1.84. The SMILES string of the molecule is Cn1cccc1C=C1CC(=O)NC1=O. The van der Waals surface area contributed by atoms with Crippen molar-refractivity contribution in [3.8, 4) is 0 Å². The van der Waals surface area contributed by atoms with Crippen LogP contribution in [0.25, 0.3) is 6.08 Å². The molecule has 1 saturated heterocycles. The lowest BCUT2D eigenvalue weighted by Gasteiger charge is -1.96. The van der Waals surface area contributed by atoms with Crippen LogP contribution in [0.4, 0.5) is 0 Å². The average molecular weight is 190 g/mol. The summed E-state index contributed by atoms with van der Waals surface area (Å²) in [4.78, 5) is 22.1. The fraction of sp³-hybridized carbons (Fsp3) is 0.200. The highest BCUT2D eigenvalue weighted by molar-refractivity contribution is 6.15. The monoisotopic (exact) mass is 190 g/mol. The van der Waals surface area contributed by atoms with Crippen molar-refractivity contribution in [2.45, 2.75) is 6.42 Å². The Bertz CT molecular complexity index is 429. The molecule has 2 rings (SSSR count). The summed E-state index contributed by atoms with van der Waals surface area (Å²) in [5.41, 5.74) is 1.45. The summed E-state index contributed by atoms with van der Waals surface area (Å²) in [6.45, 7) is 0. The number of carbonyl (C=O) groups excluding carboxylic acids is 2. The maximum Gasteiger partial charge on any atom is 0.254 e. The summed E-state index contributed by atoms with van der Waals surface area (Å²) in [5, 5.41) is 2.24. The molecule has 1 aliphatic rings. The Morgan fingerprint density at radius 3 is 2.79 bits per heavy atom. The summed E-state index contributed by atoms with van der Waals surface area (Å²) < 4.78 is 1.89. The third-order valence-corrected chi connectivity index (χ3v) is 2.20. The number of amides is 2. The molecule has 2 amide bonds. The standard InChI is InChI=1S/C10H10N2O2/c1-12-4-2-3-8(12)5-7-6-9(13)11-10(7)14/h2-5H,6H2,1H3,(H,11,13,14). The summed E-state index contributed by atoms with van der Waals surface area (Å²) >= 11 is 0. The van der Waals surface area contributed by atoms with E-state index in [9.17, 15) is 9.59 Å². The molecule has 1 aromatic heterocycles. The zero-order valence-electron chi connectivity index (χ0n) is 7.78. The minimum Gasteiger partial charge on any atom is -0.351 e. The van der Waals surface area contributed by atoms with Crippen molar-refractivity contribution >= 4 is 17.9 Å². The van der Waals surface area contributed by atoms with Gasteiger partial charge in [0.25, 0.3) is 5.91 Å². The molecule has 1 aliphatic heterocycles. The highest BCUT2D eigenvalue weighted by Gasteiger charge is 2.23. The van der Waals surface area contributed by atoms with Gasteiger partial charge in [0, 0.05) is 24.5 Å². The molecule has 0 bridgehead atoms. The minimum atomic E-state index is -0.281. The molecule has 0 radical (unpaired) electrons. The van der Waals surface area contributed by atoms with Crippen LogP contribution in [0.2, 0.25) is 0 Å². The molecule has 4 heteroatoms. The van der Waals surface area contributed by atoms with Crippen molar-refractivity contribution < 1.29 is 9.59 Å². The highest BCUT2D eigenvalue weighted by Crippen LogP contribution is 2.14.